The molecule has 1 fully saturated rings. The van der Waals surface area contributed by atoms with E-state index in [0.717, 1.165) is 32.4 Å². The molecule has 9 nitrogen and oxygen atoms in total. The van der Waals surface area contributed by atoms with E-state index in [0.29, 0.717) is 25.2 Å². The first-order chi connectivity index (χ1) is 11.6. The fourth-order valence-corrected chi connectivity index (χ4v) is 2.93. The van der Waals surface area contributed by atoms with E-state index in [4.69, 9.17) is 6.42 Å². The van der Waals surface area contributed by atoms with Crippen molar-refractivity contribution in [2.45, 2.75) is 50.2 Å². The number of H-pyrrole nitrogens is 2. The fourth-order valence-electron chi connectivity index (χ4n) is 2.93. The van der Waals surface area contributed by atoms with E-state index in [2.05, 4.69) is 36.6 Å². The van der Waals surface area contributed by atoms with Crippen LogP contribution in [0.3, 0.4) is 0 Å². The third-order valence-electron chi connectivity index (χ3n) is 4.45. The Balaban J connectivity index is 1.37. The summed E-state index contributed by atoms with van der Waals surface area (Å²) in [5.74, 6) is 3.16. The van der Waals surface area contributed by atoms with Crippen molar-refractivity contribution in [3.8, 4) is 12.3 Å². The maximum absolute atomic E-state index is 12.1. The van der Waals surface area contributed by atoms with Crippen LogP contribution in [0, 0.1) is 12.3 Å². The first-order valence-corrected chi connectivity index (χ1v) is 8.17. The normalized spacial score (nSPS) is 19.0. The van der Waals surface area contributed by atoms with E-state index in [1.807, 2.05) is 4.90 Å². The van der Waals surface area contributed by atoms with Gasteiger partial charge in [-0.25, -0.2) is 9.89 Å². The first kappa shape index (κ1) is 16.2. The first-order valence-electron chi connectivity index (χ1n) is 8.17. The monoisotopic (exact) mass is 331 g/mol. The molecule has 24 heavy (non-hydrogen) atoms. The highest BCUT2D eigenvalue weighted by molar-refractivity contribution is 5.76. The van der Waals surface area contributed by atoms with Gasteiger partial charge in [0.25, 0.3) is 0 Å². The molecule has 1 aromatic rings. The molecule has 0 spiro atoms. The van der Waals surface area contributed by atoms with Crippen molar-refractivity contribution < 1.29 is 4.79 Å². The Morgan fingerprint density at radius 2 is 2.12 bits per heavy atom. The summed E-state index contributed by atoms with van der Waals surface area (Å²) in [5, 5.41) is 17.4. The Morgan fingerprint density at radius 3 is 2.71 bits per heavy atom. The van der Waals surface area contributed by atoms with Crippen molar-refractivity contribution in [3.63, 3.8) is 0 Å². The molecule has 2 aliphatic heterocycles. The topological polar surface area (TPSA) is 119 Å². The minimum Gasteiger partial charge on any atom is -0.353 e. The quantitative estimate of drug-likeness (QED) is 0.632. The molecule has 9 heteroatoms. The maximum atomic E-state index is 12.1. The highest BCUT2D eigenvalue weighted by atomic mass is 16.2. The van der Waals surface area contributed by atoms with Crippen molar-refractivity contribution in [1.29, 1.82) is 0 Å². The average Bonchev–Trinajstić information content (AvgIpc) is 3.24. The van der Waals surface area contributed by atoms with Gasteiger partial charge in [-0.05, 0) is 12.8 Å². The zero-order valence-electron chi connectivity index (χ0n) is 13.4. The number of nitrogens with zero attached hydrogens (tertiary/aromatic N) is 4. The van der Waals surface area contributed by atoms with Crippen LogP contribution in [0.4, 0.5) is 5.95 Å². The summed E-state index contributed by atoms with van der Waals surface area (Å²) < 4.78 is 0. The second kappa shape index (κ2) is 6.86. The summed E-state index contributed by atoms with van der Waals surface area (Å²) >= 11 is 0. The highest BCUT2D eigenvalue weighted by Crippen LogP contribution is 2.37. The Morgan fingerprint density at radius 1 is 1.38 bits per heavy atom. The number of amides is 1. The van der Waals surface area contributed by atoms with E-state index in [-0.39, 0.29) is 17.6 Å². The number of terminal acetylenes is 1. The van der Waals surface area contributed by atoms with E-state index >= 15 is 0 Å². The lowest BCUT2D eigenvalue weighted by Crippen LogP contribution is -2.45. The number of carbonyl (C=O) groups excluding carboxylic acids is 1. The van der Waals surface area contributed by atoms with Crippen molar-refractivity contribution in [3.05, 3.63) is 10.5 Å². The number of carbonyl (C=O) groups is 1. The van der Waals surface area contributed by atoms with Gasteiger partial charge in [-0.3, -0.25) is 9.78 Å². The second-order valence-corrected chi connectivity index (χ2v) is 6.22. The molecule has 1 amide bonds. The Labute approximate surface area is 139 Å². The van der Waals surface area contributed by atoms with Crippen LogP contribution in [-0.2, 0) is 4.79 Å². The van der Waals surface area contributed by atoms with Gasteiger partial charge in [-0.15, -0.1) is 17.4 Å². The number of hydrogen-bond donors (Lipinski definition) is 3. The minimum absolute atomic E-state index is 0.0269. The van der Waals surface area contributed by atoms with E-state index < -0.39 is 5.66 Å². The lowest BCUT2D eigenvalue weighted by atomic mass is 10.0. The van der Waals surface area contributed by atoms with Gasteiger partial charge in [0.1, 0.15) is 0 Å². The highest BCUT2D eigenvalue weighted by Gasteiger charge is 2.39. The molecular weight excluding hydrogens is 310 g/mol. The molecule has 0 aliphatic carbocycles. The van der Waals surface area contributed by atoms with Crippen LogP contribution in [0.25, 0.3) is 0 Å². The number of aromatic amines is 2. The zero-order valence-corrected chi connectivity index (χ0v) is 13.4. The third-order valence-corrected chi connectivity index (χ3v) is 4.45. The number of piperidine rings is 1. The van der Waals surface area contributed by atoms with E-state index in [1.165, 1.54) is 0 Å². The largest absolute Gasteiger partial charge is 0.353 e. The molecular formula is C15H21N7O2. The number of hydrogen-bond acceptors (Lipinski definition) is 6. The Bertz CT molecular complexity index is 700. The number of anilines is 1. The molecule has 0 radical (unpaired) electrons. The van der Waals surface area contributed by atoms with Gasteiger partial charge in [0.15, 0.2) is 5.66 Å². The lowest BCUT2D eigenvalue weighted by Gasteiger charge is -2.31. The molecule has 1 aromatic heterocycles. The number of aromatic nitrogens is 3. The van der Waals surface area contributed by atoms with Gasteiger partial charge < -0.3 is 10.2 Å². The second-order valence-electron chi connectivity index (χ2n) is 6.22. The molecule has 3 N–H and O–H groups in total. The van der Waals surface area contributed by atoms with Gasteiger partial charge in [0, 0.05) is 44.8 Å². The van der Waals surface area contributed by atoms with Crippen LogP contribution in [0.2, 0.25) is 0 Å². The Hall–Kier alpha value is -2.63. The molecule has 2 aliphatic rings. The minimum atomic E-state index is -0.404. The summed E-state index contributed by atoms with van der Waals surface area (Å²) in [6.07, 6.45) is 9.26. The Kier molecular flexibility index (Phi) is 4.64. The van der Waals surface area contributed by atoms with Crippen molar-refractivity contribution >= 4 is 11.9 Å². The lowest BCUT2D eigenvalue weighted by molar-refractivity contribution is -0.122. The SMILES string of the molecule is C#CCCC1(CCC(=O)NC2CCN(c3n[nH]c(=O)[nH]3)CC2)N=N1. The summed E-state index contributed by atoms with van der Waals surface area (Å²) in [6, 6.07) is 0.147. The fraction of sp³-hybridized carbons (Fsp3) is 0.667. The van der Waals surface area contributed by atoms with Crippen molar-refractivity contribution in [2.75, 3.05) is 18.0 Å². The van der Waals surface area contributed by atoms with Crippen molar-refractivity contribution in [1.82, 2.24) is 20.5 Å². The van der Waals surface area contributed by atoms with Gasteiger partial charge >= 0.3 is 5.69 Å². The van der Waals surface area contributed by atoms with E-state index in [9.17, 15) is 9.59 Å². The van der Waals surface area contributed by atoms with E-state index in [1.54, 1.807) is 0 Å². The van der Waals surface area contributed by atoms with Crippen molar-refractivity contribution in [2.24, 2.45) is 10.2 Å². The average molecular weight is 331 g/mol. The summed E-state index contributed by atoms with van der Waals surface area (Å²) in [4.78, 5) is 27.8. The molecule has 0 bridgehead atoms. The zero-order chi connectivity index (χ0) is 17.0. The summed E-state index contributed by atoms with van der Waals surface area (Å²) in [6.45, 7) is 1.48. The van der Waals surface area contributed by atoms with Crippen LogP contribution >= 0.6 is 0 Å². The van der Waals surface area contributed by atoms with Crippen LogP contribution in [0.15, 0.2) is 15.0 Å². The number of rotatable bonds is 7. The summed E-state index contributed by atoms with van der Waals surface area (Å²) in [5.41, 5.74) is -0.714. The summed E-state index contributed by atoms with van der Waals surface area (Å²) in [7, 11) is 0. The molecule has 0 unspecified atom stereocenters. The van der Waals surface area contributed by atoms with Gasteiger partial charge in [-0.2, -0.15) is 10.2 Å². The maximum Gasteiger partial charge on any atom is 0.342 e. The molecule has 3 rings (SSSR count). The van der Waals surface area contributed by atoms with Crippen LogP contribution < -0.4 is 15.9 Å². The molecule has 128 valence electrons. The van der Waals surface area contributed by atoms with Crippen LogP contribution in [0.1, 0.15) is 38.5 Å². The van der Waals surface area contributed by atoms with Gasteiger partial charge in [0.05, 0.1) is 0 Å². The van der Waals surface area contributed by atoms with Gasteiger partial charge in [-0.1, -0.05) is 0 Å². The predicted octanol–water partition coefficient (Wildman–Crippen LogP) is 0.539. The van der Waals surface area contributed by atoms with Crippen LogP contribution in [0.5, 0.6) is 0 Å². The van der Waals surface area contributed by atoms with Crippen LogP contribution in [-0.4, -0.2) is 45.9 Å². The molecule has 0 saturated carbocycles. The smallest absolute Gasteiger partial charge is 0.342 e. The molecule has 0 aromatic carbocycles. The third kappa shape index (κ3) is 4.01. The molecule has 3 heterocycles. The van der Waals surface area contributed by atoms with Gasteiger partial charge in [0.2, 0.25) is 11.9 Å². The molecule has 1 saturated heterocycles. The number of nitrogens with one attached hydrogen (secondary N) is 3. The standard InChI is InChI=1S/C15H21N7O2/c1-2-3-7-15(20-21-15)8-4-12(23)16-11-5-9-22(10-6-11)13-17-14(24)19-18-13/h1,11H,3-10H2,(H,16,23)(H2,17,18,19,24). The molecule has 0 atom stereocenters. The predicted molar refractivity (Wildman–Crippen MR) is 87.5 cm³/mol.